The van der Waals surface area contributed by atoms with Crippen LogP contribution in [0.15, 0.2) is 42.5 Å². The van der Waals surface area contributed by atoms with E-state index in [-0.39, 0.29) is 6.54 Å². The van der Waals surface area contributed by atoms with E-state index < -0.39 is 23.9 Å². The van der Waals surface area contributed by atoms with E-state index in [1.807, 2.05) is 13.0 Å². The predicted octanol–water partition coefficient (Wildman–Crippen LogP) is 2.31. The molecular weight excluding hydrogens is 376 g/mol. The van der Waals surface area contributed by atoms with Gasteiger partial charge < -0.3 is 24.8 Å². The molecule has 0 aliphatic rings. The van der Waals surface area contributed by atoms with Crippen molar-refractivity contribution < 1.29 is 28.6 Å². The molecule has 1 atom stereocenters. The van der Waals surface area contributed by atoms with E-state index in [4.69, 9.17) is 14.2 Å². The van der Waals surface area contributed by atoms with Crippen LogP contribution in [0, 0.1) is 6.92 Å². The maximum absolute atomic E-state index is 12.3. The Bertz CT molecular complexity index is 896. The second kappa shape index (κ2) is 10.1. The third-order valence-electron chi connectivity index (χ3n) is 4.00. The monoisotopic (exact) mass is 400 g/mol. The molecular formula is C21H24N2O6. The summed E-state index contributed by atoms with van der Waals surface area (Å²) in [6.07, 6.45) is -1.05. The SMILES string of the molecule is COc1ccc(NC(=O)C(C)OC(=O)CNC(=O)c2cccc(C)c2)cc1OC. The van der Waals surface area contributed by atoms with Crippen LogP contribution in [-0.2, 0) is 14.3 Å². The normalized spacial score (nSPS) is 11.2. The molecule has 154 valence electrons. The zero-order valence-electron chi connectivity index (χ0n) is 16.8. The van der Waals surface area contributed by atoms with Crippen molar-refractivity contribution in [3.63, 3.8) is 0 Å². The van der Waals surface area contributed by atoms with Gasteiger partial charge in [0.05, 0.1) is 14.2 Å². The number of aryl methyl sites for hydroxylation is 1. The van der Waals surface area contributed by atoms with Crippen LogP contribution in [0.4, 0.5) is 5.69 Å². The van der Waals surface area contributed by atoms with E-state index in [2.05, 4.69) is 10.6 Å². The van der Waals surface area contributed by atoms with Crippen molar-refractivity contribution in [3.8, 4) is 11.5 Å². The van der Waals surface area contributed by atoms with Gasteiger partial charge in [-0.25, -0.2) is 0 Å². The highest BCUT2D eigenvalue weighted by atomic mass is 16.5. The number of hydrogen-bond donors (Lipinski definition) is 2. The third kappa shape index (κ3) is 6.24. The molecule has 0 saturated heterocycles. The molecule has 2 aromatic carbocycles. The molecule has 0 radical (unpaired) electrons. The second-order valence-electron chi connectivity index (χ2n) is 6.24. The van der Waals surface area contributed by atoms with Gasteiger partial charge in [-0.1, -0.05) is 17.7 Å². The van der Waals surface area contributed by atoms with Gasteiger partial charge in [-0.3, -0.25) is 14.4 Å². The Labute approximate surface area is 169 Å². The zero-order chi connectivity index (χ0) is 21.4. The fourth-order valence-electron chi connectivity index (χ4n) is 2.49. The van der Waals surface area contributed by atoms with Crippen molar-refractivity contribution in [2.45, 2.75) is 20.0 Å². The molecule has 0 bridgehead atoms. The van der Waals surface area contributed by atoms with E-state index in [0.29, 0.717) is 22.7 Å². The highest BCUT2D eigenvalue weighted by Gasteiger charge is 2.19. The molecule has 2 aromatic rings. The smallest absolute Gasteiger partial charge is 0.326 e. The van der Waals surface area contributed by atoms with E-state index >= 15 is 0 Å². The summed E-state index contributed by atoms with van der Waals surface area (Å²) in [5.41, 5.74) is 1.83. The number of nitrogens with one attached hydrogen (secondary N) is 2. The molecule has 0 spiro atoms. The molecule has 8 heteroatoms. The molecule has 2 N–H and O–H groups in total. The first-order chi connectivity index (χ1) is 13.8. The number of benzene rings is 2. The Kier molecular flexibility index (Phi) is 7.59. The number of rotatable bonds is 8. The van der Waals surface area contributed by atoms with Gasteiger partial charge in [-0.2, -0.15) is 0 Å². The Hall–Kier alpha value is -3.55. The zero-order valence-corrected chi connectivity index (χ0v) is 16.8. The number of amides is 2. The van der Waals surface area contributed by atoms with Crippen LogP contribution in [0.1, 0.15) is 22.8 Å². The summed E-state index contributed by atoms with van der Waals surface area (Å²) in [5, 5.41) is 5.10. The first kappa shape index (κ1) is 21.7. The van der Waals surface area contributed by atoms with Gasteiger partial charge in [-0.15, -0.1) is 0 Å². The number of hydrogen-bond acceptors (Lipinski definition) is 6. The number of esters is 1. The lowest BCUT2D eigenvalue weighted by Gasteiger charge is -2.15. The molecule has 1 unspecified atom stereocenters. The number of carbonyl (C=O) groups excluding carboxylic acids is 3. The summed E-state index contributed by atoms with van der Waals surface area (Å²) in [7, 11) is 2.99. The summed E-state index contributed by atoms with van der Waals surface area (Å²) < 4.78 is 15.4. The Morgan fingerprint density at radius 1 is 1.00 bits per heavy atom. The van der Waals surface area contributed by atoms with Crippen molar-refractivity contribution in [2.24, 2.45) is 0 Å². The largest absolute Gasteiger partial charge is 0.493 e. The summed E-state index contributed by atoms with van der Waals surface area (Å²) in [6, 6.07) is 11.8. The lowest BCUT2D eigenvalue weighted by molar-refractivity contribution is -0.152. The fraction of sp³-hybridized carbons (Fsp3) is 0.286. The summed E-state index contributed by atoms with van der Waals surface area (Å²) in [6.45, 7) is 2.96. The lowest BCUT2D eigenvalue weighted by Crippen LogP contribution is -2.35. The third-order valence-corrected chi connectivity index (χ3v) is 4.00. The van der Waals surface area contributed by atoms with Crippen molar-refractivity contribution in [3.05, 3.63) is 53.6 Å². The van der Waals surface area contributed by atoms with Crippen LogP contribution in [-0.4, -0.2) is 44.7 Å². The molecule has 0 aliphatic heterocycles. The van der Waals surface area contributed by atoms with Gasteiger partial charge in [0.15, 0.2) is 17.6 Å². The van der Waals surface area contributed by atoms with Gasteiger partial charge in [0.1, 0.15) is 6.54 Å². The van der Waals surface area contributed by atoms with Gasteiger partial charge in [0.25, 0.3) is 11.8 Å². The van der Waals surface area contributed by atoms with Crippen LogP contribution in [0.3, 0.4) is 0 Å². The van der Waals surface area contributed by atoms with E-state index in [1.165, 1.54) is 21.1 Å². The molecule has 0 fully saturated rings. The Morgan fingerprint density at radius 2 is 1.72 bits per heavy atom. The number of ether oxygens (including phenoxy) is 3. The van der Waals surface area contributed by atoms with Crippen molar-refractivity contribution in [1.29, 1.82) is 0 Å². The highest BCUT2D eigenvalue weighted by Crippen LogP contribution is 2.29. The summed E-state index contributed by atoms with van der Waals surface area (Å²) in [5.74, 6) is -0.659. The molecule has 0 heterocycles. The predicted molar refractivity (Wildman–Crippen MR) is 107 cm³/mol. The van der Waals surface area contributed by atoms with E-state index in [9.17, 15) is 14.4 Å². The van der Waals surface area contributed by atoms with Crippen LogP contribution < -0.4 is 20.1 Å². The molecule has 29 heavy (non-hydrogen) atoms. The summed E-state index contributed by atoms with van der Waals surface area (Å²) in [4.78, 5) is 36.2. The maximum Gasteiger partial charge on any atom is 0.326 e. The van der Waals surface area contributed by atoms with Crippen LogP contribution in [0.25, 0.3) is 0 Å². The minimum Gasteiger partial charge on any atom is -0.493 e. The van der Waals surface area contributed by atoms with Crippen molar-refractivity contribution in [2.75, 3.05) is 26.1 Å². The average molecular weight is 400 g/mol. The minimum absolute atomic E-state index is 0.346. The number of methoxy groups -OCH3 is 2. The molecule has 0 aromatic heterocycles. The van der Waals surface area contributed by atoms with Crippen LogP contribution in [0.2, 0.25) is 0 Å². The van der Waals surface area contributed by atoms with Gasteiger partial charge >= 0.3 is 5.97 Å². The van der Waals surface area contributed by atoms with Crippen LogP contribution in [0.5, 0.6) is 11.5 Å². The van der Waals surface area contributed by atoms with Gasteiger partial charge in [0.2, 0.25) is 0 Å². The van der Waals surface area contributed by atoms with Gasteiger partial charge in [0, 0.05) is 17.3 Å². The van der Waals surface area contributed by atoms with Crippen molar-refractivity contribution >= 4 is 23.5 Å². The second-order valence-corrected chi connectivity index (χ2v) is 6.24. The molecule has 2 amide bonds. The van der Waals surface area contributed by atoms with E-state index in [1.54, 1.807) is 36.4 Å². The Morgan fingerprint density at radius 3 is 2.38 bits per heavy atom. The van der Waals surface area contributed by atoms with E-state index in [0.717, 1.165) is 5.56 Å². The topological polar surface area (TPSA) is 103 Å². The molecule has 0 saturated carbocycles. The fourth-order valence-corrected chi connectivity index (χ4v) is 2.49. The highest BCUT2D eigenvalue weighted by molar-refractivity contribution is 5.97. The average Bonchev–Trinajstić information content (AvgIpc) is 2.71. The minimum atomic E-state index is -1.05. The lowest BCUT2D eigenvalue weighted by atomic mass is 10.1. The van der Waals surface area contributed by atoms with Gasteiger partial charge in [-0.05, 0) is 38.1 Å². The first-order valence-corrected chi connectivity index (χ1v) is 8.91. The first-order valence-electron chi connectivity index (χ1n) is 8.91. The van der Waals surface area contributed by atoms with Crippen LogP contribution >= 0.6 is 0 Å². The standard InChI is InChI=1S/C21H24N2O6/c1-13-6-5-7-15(10-13)21(26)22-12-19(24)29-14(2)20(25)23-16-8-9-17(27-3)18(11-16)28-4/h5-11,14H,12H2,1-4H3,(H,22,26)(H,23,25). The van der Waals surface area contributed by atoms with Crippen molar-refractivity contribution in [1.82, 2.24) is 5.32 Å². The Balaban J connectivity index is 1.85. The summed E-state index contributed by atoms with van der Waals surface area (Å²) >= 11 is 0. The molecule has 2 rings (SSSR count). The maximum atomic E-state index is 12.3. The quantitative estimate of drug-likeness (QED) is 0.659. The number of anilines is 1. The molecule has 0 aliphatic carbocycles. The molecule has 8 nitrogen and oxygen atoms in total. The number of carbonyl (C=O) groups is 3.